The van der Waals surface area contributed by atoms with Crippen LogP contribution >= 0.6 is 11.6 Å². The standard InChI is InChI=1S/C18H18ClN3O4S/c1-3-9-22-14-7-6-11(19)10-13(14)15(12-5-4-8-20-17(12)23)16(22)18(24)21-27(2,25)26/h4-8,10H,3,9H2,1-2H3,(H,20,23)(H,21,24). The van der Waals surface area contributed by atoms with Crippen LogP contribution in [0.15, 0.2) is 41.3 Å². The molecule has 3 aromatic rings. The highest BCUT2D eigenvalue weighted by Crippen LogP contribution is 2.35. The number of aryl methyl sites for hydroxylation is 1. The number of hydrogen-bond acceptors (Lipinski definition) is 4. The third-order valence-electron chi connectivity index (χ3n) is 4.05. The smallest absolute Gasteiger partial charge is 0.282 e. The lowest BCUT2D eigenvalue weighted by Gasteiger charge is -2.11. The molecule has 0 saturated carbocycles. The minimum absolute atomic E-state index is 0.108. The fraction of sp³-hybridized carbons (Fsp3) is 0.222. The Bertz CT molecular complexity index is 1200. The quantitative estimate of drug-likeness (QED) is 0.678. The molecule has 0 spiro atoms. The Labute approximate surface area is 161 Å². The highest BCUT2D eigenvalue weighted by molar-refractivity contribution is 7.89. The number of hydrogen-bond donors (Lipinski definition) is 2. The average Bonchev–Trinajstić information content (AvgIpc) is 2.88. The number of aromatic amines is 1. The molecule has 2 N–H and O–H groups in total. The summed E-state index contributed by atoms with van der Waals surface area (Å²) in [5.74, 6) is -0.795. The van der Waals surface area contributed by atoms with E-state index in [-0.39, 0.29) is 16.8 Å². The fourth-order valence-electron chi connectivity index (χ4n) is 3.13. The van der Waals surface area contributed by atoms with Crippen molar-refractivity contribution in [2.75, 3.05) is 6.26 Å². The van der Waals surface area contributed by atoms with E-state index in [1.807, 2.05) is 11.6 Å². The predicted molar refractivity (Wildman–Crippen MR) is 106 cm³/mol. The van der Waals surface area contributed by atoms with Crippen molar-refractivity contribution in [3.05, 3.63) is 57.6 Å². The molecule has 0 radical (unpaired) electrons. The van der Waals surface area contributed by atoms with Gasteiger partial charge in [0.05, 0.1) is 6.26 Å². The Kier molecular flexibility index (Phi) is 5.12. The van der Waals surface area contributed by atoms with Crippen molar-refractivity contribution in [3.8, 4) is 11.1 Å². The van der Waals surface area contributed by atoms with Crippen LogP contribution in [0.4, 0.5) is 0 Å². The van der Waals surface area contributed by atoms with Crippen molar-refractivity contribution in [2.24, 2.45) is 0 Å². The molecule has 1 amide bonds. The normalized spacial score (nSPS) is 11.7. The van der Waals surface area contributed by atoms with Crippen molar-refractivity contribution >= 4 is 38.4 Å². The molecular formula is C18H18ClN3O4S. The molecule has 9 heteroatoms. The number of aromatic nitrogens is 2. The Morgan fingerprint density at radius 1 is 1.30 bits per heavy atom. The monoisotopic (exact) mass is 407 g/mol. The van der Waals surface area contributed by atoms with Crippen LogP contribution in [-0.2, 0) is 16.6 Å². The number of rotatable bonds is 5. The first-order valence-corrected chi connectivity index (χ1v) is 10.5. The average molecular weight is 408 g/mol. The molecule has 0 aliphatic rings. The van der Waals surface area contributed by atoms with Crippen LogP contribution in [0.5, 0.6) is 0 Å². The van der Waals surface area contributed by atoms with E-state index in [9.17, 15) is 18.0 Å². The lowest BCUT2D eigenvalue weighted by atomic mass is 10.0. The Balaban J connectivity index is 2.45. The number of pyridine rings is 1. The van der Waals surface area contributed by atoms with Gasteiger partial charge in [0.15, 0.2) is 0 Å². The number of carbonyl (C=O) groups is 1. The Hall–Kier alpha value is -2.58. The van der Waals surface area contributed by atoms with Gasteiger partial charge >= 0.3 is 0 Å². The van der Waals surface area contributed by atoms with E-state index in [0.29, 0.717) is 34.5 Å². The maximum atomic E-state index is 12.9. The van der Waals surface area contributed by atoms with E-state index in [2.05, 4.69) is 4.98 Å². The molecule has 0 unspecified atom stereocenters. The molecule has 27 heavy (non-hydrogen) atoms. The van der Waals surface area contributed by atoms with Gasteiger partial charge in [0.25, 0.3) is 11.5 Å². The van der Waals surface area contributed by atoms with Crippen LogP contribution in [-0.4, -0.2) is 30.1 Å². The minimum Gasteiger partial charge on any atom is -0.336 e. The second-order valence-corrected chi connectivity index (χ2v) is 8.34. The highest BCUT2D eigenvalue weighted by Gasteiger charge is 2.26. The molecule has 0 bridgehead atoms. The second-order valence-electron chi connectivity index (χ2n) is 6.15. The maximum Gasteiger partial charge on any atom is 0.282 e. The summed E-state index contributed by atoms with van der Waals surface area (Å²) in [6, 6.07) is 8.34. The molecule has 0 atom stereocenters. The Morgan fingerprint density at radius 2 is 2.04 bits per heavy atom. The molecule has 142 valence electrons. The minimum atomic E-state index is -3.78. The SMILES string of the molecule is CCCn1c(C(=O)NS(C)(=O)=O)c(-c2ccc[nH]c2=O)c2cc(Cl)ccc21. The third kappa shape index (κ3) is 3.77. The van der Waals surface area contributed by atoms with Gasteiger partial charge in [-0.25, -0.2) is 13.1 Å². The number of sulfonamides is 1. The number of carbonyl (C=O) groups excluding carboxylic acids is 1. The van der Waals surface area contributed by atoms with Crippen molar-refractivity contribution in [1.82, 2.24) is 14.3 Å². The van der Waals surface area contributed by atoms with Crippen LogP contribution < -0.4 is 10.3 Å². The van der Waals surface area contributed by atoms with Gasteiger partial charge in [-0.1, -0.05) is 18.5 Å². The van der Waals surface area contributed by atoms with Gasteiger partial charge in [-0.05, 0) is 36.8 Å². The van der Waals surface area contributed by atoms with E-state index in [1.165, 1.54) is 6.20 Å². The molecule has 0 aliphatic carbocycles. The molecule has 2 aromatic heterocycles. The van der Waals surface area contributed by atoms with E-state index >= 15 is 0 Å². The van der Waals surface area contributed by atoms with E-state index < -0.39 is 15.9 Å². The molecule has 0 aliphatic heterocycles. The largest absolute Gasteiger partial charge is 0.336 e. The van der Waals surface area contributed by atoms with Crippen molar-refractivity contribution in [3.63, 3.8) is 0 Å². The third-order valence-corrected chi connectivity index (χ3v) is 4.84. The van der Waals surface area contributed by atoms with Crippen LogP contribution in [0.1, 0.15) is 23.8 Å². The number of halogens is 1. The molecular weight excluding hydrogens is 390 g/mol. The maximum absolute atomic E-state index is 12.9. The number of H-pyrrole nitrogens is 1. The summed E-state index contributed by atoms with van der Waals surface area (Å²) in [6.45, 7) is 2.41. The molecule has 1 aromatic carbocycles. The second kappa shape index (κ2) is 7.21. The summed E-state index contributed by atoms with van der Waals surface area (Å²) < 4.78 is 27.0. The van der Waals surface area contributed by atoms with Gasteiger partial charge in [-0.15, -0.1) is 0 Å². The van der Waals surface area contributed by atoms with Gasteiger partial charge in [0.2, 0.25) is 10.0 Å². The number of fused-ring (bicyclic) bond motifs is 1. The summed E-state index contributed by atoms with van der Waals surface area (Å²) in [5.41, 5.74) is 1.03. The first-order chi connectivity index (χ1) is 12.7. The van der Waals surface area contributed by atoms with Gasteiger partial charge in [-0.3, -0.25) is 9.59 Å². The zero-order valence-electron chi connectivity index (χ0n) is 14.7. The molecule has 0 saturated heterocycles. The first-order valence-electron chi connectivity index (χ1n) is 8.25. The summed E-state index contributed by atoms with van der Waals surface area (Å²) >= 11 is 6.15. The lowest BCUT2D eigenvalue weighted by molar-refractivity contribution is 0.0973. The van der Waals surface area contributed by atoms with Crippen molar-refractivity contribution in [1.29, 1.82) is 0 Å². The topological polar surface area (TPSA) is 101 Å². The van der Waals surface area contributed by atoms with E-state index in [1.54, 1.807) is 34.9 Å². The highest BCUT2D eigenvalue weighted by atomic mass is 35.5. The van der Waals surface area contributed by atoms with Crippen LogP contribution in [0.3, 0.4) is 0 Å². The molecule has 2 heterocycles. The van der Waals surface area contributed by atoms with E-state index in [0.717, 1.165) is 6.26 Å². The number of amides is 1. The van der Waals surface area contributed by atoms with Crippen LogP contribution in [0.25, 0.3) is 22.0 Å². The van der Waals surface area contributed by atoms with Gasteiger partial charge in [0.1, 0.15) is 5.69 Å². The van der Waals surface area contributed by atoms with Gasteiger partial charge in [0, 0.05) is 39.8 Å². The zero-order chi connectivity index (χ0) is 19.8. The van der Waals surface area contributed by atoms with Crippen molar-refractivity contribution < 1.29 is 13.2 Å². The van der Waals surface area contributed by atoms with Gasteiger partial charge in [-0.2, -0.15) is 0 Å². The van der Waals surface area contributed by atoms with Crippen LogP contribution in [0.2, 0.25) is 5.02 Å². The van der Waals surface area contributed by atoms with Crippen LogP contribution in [0, 0.1) is 0 Å². The lowest BCUT2D eigenvalue weighted by Crippen LogP contribution is -2.31. The summed E-state index contributed by atoms with van der Waals surface area (Å²) in [7, 11) is -3.78. The summed E-state index contributed by atoms with van der Waals surface area (Å²) in [5, 5.41) is 1.05. The molecule has 7 nitrogen and oxygen atoms in total. The van der Waals surface area contributed by atoms with E-state index in [4.69, 9.17) is 11.6 Å². The number of nitrogens with zero attached hydrogens (tertiary/aromatic N) is 1. The summed E-state index contributed by atoms with van der Waals surface area (Å²) in [4.78, 5) is 27.9. The zero-order valence-corrected chi connectivity index (χ0v) is 16.3. The van der Waals surface area contributed by atoms with Crippen molar-refractivity contribution in [2.45, 2.75) is 19.9 Å². The number of benzene rings is 1. The molecule has 0 fully saturated rings. The fourth-order valence-corrected chi connectivity index (χ4v) is 3.73. The Morgan fingerprint density at radius 3 is 2.67 bits per heavy atom. The molecule has 3 rings (SSSR count). The predicted octanol–water partition coefficient (Wildman–Crippen LogP) is 2.75. The summed E-state index contributed by atoms with van der Waals surface area (Å²) in [6.07, 6.45) is 3.10. The number of nitrogens with one attached hydrogen (secondary N) is 2. The van der Waals surface area contributed by atoms with Gasteiger partial charge < -0.3 is 9.55 Å². The first kappa shape index (κ1) is 19.2.